The maximum Gasteiger partial charge on any atom is 0.276 e. The minimum absolute atomic E-state index is 0.0710. The van der Waals surface area contributed by atoms with Crippen LogP contribution in [0.15, 0.2) is 17.5 Å². The molecule has 2 atom stereocenters. The third-order valence-electron chi connectivity index (χ3n) is 4.39. The number of amides is 2. The smallest absolute Gasteiger partial charge is 0.276 e. The number of nitrogens with one attached hydrogen (secondary N) is 3. The van der Waals surface area contributed by atoms with Crippen LogP contribution in [0.4, 0.5) is 0 Å². The molecule has 0 aliphatic heterocycles. The highest BCUT2D eigenvalue weighted by Crippen LogP contribution is 2.39. The minimum atomic E-state index is -0.780. The average Bonchev–Trinajstić information content (AvgIpc) is 3.29. The summed E-state index contributed by atoms with van der Waals surface area (Å²) in [6.45, 7) is 5.37. The van der Waals surface area contributed by atoms with Gasteiger partial charge in [0.1, 0.15) is 5.54 Å². The highest BCUT2D eigenvalue weighted by Gasteiger charge is 2.43. The van der Waals surface area contributed by atoms with Crippen molar-refractivity contribution >= 4 is 23.2 Å². The van der Waals surface area contributed by atoms with Crippen LogP contribution in [0, 0.1) is 17.2 Å². The number of carbonyl (C=O) groups excluding carboxylic acids is 2. The maximum atomic E-state index is 12.2. The highest BCUT2D eigenvalue weighted by molar-refractivity contribution is 7.09. The third-order valence-corrected chi connectivity index (χ3v) is 5.26. The quantitative estimate of drug-likeness (QED) is 0.590. The zero-order valence-corrected chi connectivity index (χ0v) is 15.0. The molecule has 1 fully saturated rings. The van der Waals surface area contributed by atoms with Crippen molar-refractivity contribution in [2.75, 3.05) is 19.6 Å². The first kappa shape index (κ1) is 18.4. The number of carbonyl (C=O) groups is 2. The molecule has 24 heavy (non-hydrogen) atoms. The van der Waals surface area contributed by atoms with Crippen LogP contribution in [0.25, 0.3) is 0 Å². The number of hydrogen-bond acceptors (Lipinski definition) is 4. The summed E-state index contributed by atoms with van der Waals surface area (Å²) >= 11 is 1.60. The Bertz CT molecular complexity index is 607. The van der Waals surface area contributed by atoms with Gasteiger partial charge in [-0.25, -0.2) is 0 Å². The number of hydrogen-bond donors (Lipinski definition) is 3. The molecule has 2 rings (SSSR count). The molecule has 0 radical (unpaired) electrons. The summed E-state index contributed by atoms with van der Waals surface area (Å²) in [5.74, 6) is 0.0118. The van der Waals surface area contributed by atoms with E-state index in [2.05, 4.69) is 16.7 Å². The molecule has 0 saturated heterocycles. The fourth-order valence-corrected chi connectivity index (χ4v) is 3.29. The zero-order chi connectivity index (χ0) is 17.6. The van der Waals surface area contributed by atoms with Crippen LogP contribution in [0.3, 0.4) is 0 Å². The first-order chi connectivity index (χ1) is 11.5. The summed E-state index contributed by atoms with van der Waals surface area (Å²) in [4.78, 5) is 26.3. The van der Waals surface area contributed by atoms with E-state index in [4.69, 9.17) is 0 Å². The number of rotatable bonds is 9. The Kier molecular flexibility index (Phi) is 6.35. The van der Waals surface area contributed by atoms with Gasteiger partial charge in [0.05, 0.1) is 19.2 Å². The van der Waals surface area contributed by atoms with E-state index in [1.54, 1.807) is 18.3 Å². The Balaban J connectivity index is 1.77. The van der Waals surface area contributed by atoms with Crippen LogP contribution >= 0.6 is 11.3 Å². The number of thiophene rings is 1. The molecule has 3 N–H and O–H groups in total. The van der Waals surface area contributed by atoms with E-state index in [9.17, 15) is 14.9 Å². The summed E-state index contributed by atoms with van der Waals surface area (Å²) in [7, 11) is 0. The van der Waals surface area contributed by atoms with E-state index in [-0.39, 0.29) is 30.8 Å². The van der Waals surface area contributed by atoms with E-state index in [1.807, 2.05) is 24.4 Å². The Morgan fingerprint density at radius 1 is 1.42 bits per heavy atom. The topological polar surface area (TPSA) is 86.4 Å². The molecule has 2 amide bonds. The Labute approximate surface area is 146 Å². The monoisotopic (exact) mass is 349 g/mol. The second-order valence-electron chi connectivity index (χ2n) is 6.45. The zero-order valence-electron chi connectivity index (χ0n) is 14.2. The summed E-state index contributed by atoms with van der Waals surface area (Å²) in [6.07, 6.45) is 1.97. The highest BCUT2D eigenvalue weighted by atomic mass is 32.1. The summed E-state index contributed by atoms with van der Waals surface area (Å²) < 4.78 is 0. The SMILES string of the molecule is CC[NH+](CC(=O)NCc1cccs1)CC(=O)N[C@@](C)(C#N)C1CC1. The van der Waals surface area contributed by atoms with E-state index in [1.165, 1.54) is 0 Å². The molecule has 1 saturated carbocycles. The van der Waals surface area contributed by atoms with E-state index < -0.39 is 5.54 Å². The Morgan fingerprint density at radius 2 is 2.12 bits per heavy atom. The van der Waals surface area contributed by atoms with Gasteiger partial charge in [0.15, 0.2) is 13.1 Å². The van der Waals surface area contributed by atoms with Gasteiger partial charge in [-0.3, -0.25) is 9.59 Å². The van der Waals surface area contributed by atoms with Gasteiger partial charge in [0.2, 0.25) is 0 Å². The normalized spacial score (nSPS) is 17.4. The van der Waals surface area contributed by atoms with Crippen molar-refractivity contribution in [1.82, 2.24) is 10.6 Å². The van der Waals surface area contributed by atoms with E-state index in [0.717, 1.165) is 22.6 Å². The number of nitriles is 1. The number of likely N-dealkylation sites (N-methyl/N-ethyl adjacent to an activating group) is 1. The minimum Gasteiger partial charge on any atom is -0.346 e. The van der Waals surface area contributed by atoms with Crippen molar-refractivity contribution < 1.29 is 14.5 Å². The second-order valence-corrected chi connectivity index (χ2v) is 7.48. The van der Waals surface area contributed by atoms with E-state index in [0.29, 0.717) is 13.1 Å². The van der Waals surface area contributed by atoms with Crippen molar-refractivity contribution in [3.8, 4) is 6.07 Å². The lowest BCUT2D eigenvalue weighted by molar-refractivity contribution is -0.881. The van der Waals surface area contributed by atoms with E-state index >= 15 is 0 Å². The molecule has 0 bridgehead atoms. The fourth-order valence-electron chi connectivity index (χ4n) is 2.64. The summed E-state index contributed by atoms with van der Waals surface area (Å²) in [5.41, 5.74) is -0.780. The number of quaternary nitrogens is 1. The largest absolute Gasteiger partial charge is 0.346 e. The molecule has 1 aliphatic carbocycles. The van der Waals surface area contributed by atoms with Gasteiger partial charge >= 0.3 is 0 Å². The second kappa shape index (κ2) is 8.27. The molecule has 7 heteroatoms. The van der Waals surface area contributed by atoms with Crippen molar-refractivity contribution in [3.05, 3.63) is 22.4 Å². The molecule has 1 aromatic heterocycles. The summed E-state index contributed by atoms with van der Waals surface area (Å²) in [5, 5.41) is 17.0. The fraction of sp³-hybridized carbons (Fsp3) is 0.588. The molecular formula is C17H25N4O2S+. The average molecular weight is 349 g/mol. The van der Waals surface area contributed by atoms with Gasteiger partial charge in [0, 0.05) is 4.88 Å². The van der Waals surface area contributed by atoms with Crippen molar-refractivity contribution in [1.29, 1.82) is 5.26 Å². The number of nitrogens with zero attached hydrogens (tertiary/aromatic N) is 1. The molecule has 1 aliphatic rings. The summed E-state index contributed by atoms with van der Waals surface area (Å²) in [6, 6.07) is 6.15. The first-order valence-electron chi connectivity index (χ1n) is 8.31. The lowest BCUT2D eigenvalue weighted by atomic mass is 9.98. The van der Waals surface area contributed by atoms with Gasteiger partial charge in [-0.1, -0.05) is 6.07 Å². The Hall–Kier alpha value is -1.91. The Morgan fingerprint density at radius 3 is 2.67 bits per heavy atom. The van der Waals surface area contributed by atoms with Gasteiger partial charge < -0.3 is 15.5 Å². The molecule has 0 spiro atoms. The standard InChI is InChI=1S/C17H24N4O2S/c1-3-21(10-15(22)19-9-14-5-4-8-24-14)11-16(23)20-17(2,12-18)13-6-7-13/h4-5,8,13H,3,6-7,9-11H2,1-2H3,(H,19,22)(H,20,23)/p+1/t17-/m0/s1. The molecule has 1 heterocycles. The predicted molar refractivity (Wildman–Crippen MR) is 92.3 cm³/mol. The van der Waals surface area contributed by atoms with Crippen LogP contribution in [0.5, 0.6) is 0 Å². The van der Waals surface area contributed by atoms with Crippen molar-refractivity contribution in [2.24, 2.45) is 5.92 Å². The van der Waals surface area contributed by atoms with Crippen LogP contribution in [-0.2, 0) is 16.1 Å². The van der Waals surface area contributed by atoms with Gasteiger partial charge in [0.25, 0.3) is 11.8 Å². The lowest BCUT2D eigenvalue weighted by Crippen LogP contribution is -3.14. The molecule has 0 aromatic carbocycles. The third kappa shape index (κ3) is 5.32. The van der Waals surface area contributed by atoms with Crippen molar-refractivity contribution in [3.63, 3.8) is 0 Å². The van der Waals surface area contributed by atoms with Gasteiger partial charge in [-0.2, -0.15) is 5.26 Å². The first-order valence-corrected chi connectivity index (χ1v) is 9.19. The molecule has 6 nitrogen and oxygen atoms in total. The van der Waals surface area contributed by atoms with Crippen molar-refractivity contribution in [2.45, 2.75) is 38.8 Å². The molecule has 1 unspecified atom stereocenters. The van der Waals surface area contributed by atoms with Crippen LogP contribution < -0.4 is 15.5 Å². The van der Waals surface area contributed by atoms with Gasteiger partial charge in [-0.15, -0.1) is 11.3 Å². The lowest BCUT2D eigenvalue weighted by Gasteiger charge is -2.24. The van der Waals surface area contributed by atoms with Crippen LogP contribution in [0.2, 0.25) is 0 Å². The molecule has 130 valence electrons. The molecular weight excluding hydrogens is 324 g/mol. The van der Waals surface area contributed by atoms with Gasteiger partial charge in [-0.05, 0) is 44.1 Å². The predicted octanol–water partition coefficient (Wildman–Crippen LogP) is 0.0776. The molecule has 1 aromatic rings. The van der Waals surface area contributed by atoms with Crippen LogP contribution in [-0.4, -0.2) is 37.0 Å². The van der Waals surface area contributed by atoms with Crippen LogP contribution in [0.1, 0.15) is 31.6 Å². The maximum absolute atomic E-state index is 12.2.